The smallest absolute Gasteiger partial charge is 0.231 e. The summed E-state index contributed by atoms with van der Waals surface area (Å²) in [5.41, 5.74) is 1.14. The van der Waals surface area contributed by atoms with Crippen LogP contribution in [-0.4, -0.2) is 34.8 Å². The van der Waals surface area contributed by atoms with Crippen molar-refractivity contribution in [3.63, 3.8) is 0 Å². The van der Waals surface area contributed by atoms with Crippen molar-refractivity contribution in [3.8, 4) is 11.5 Å². The Morgan fingerprint density at radius 1 is 1.23 bits per heavy atom. The van der Waals surface area contributed by atoms with Crippen LogP contribution in [0, 0.1) is 0 Å². The van der Waals surface area contributed by atoms with Crippen LogP contribution < -0.4 is 9.47 Å². The zero-order valence-corrected chi connectivity index (χ0v) is 12.8. The average Bonchev–Trinajstić information content (AvgIpc) is 3.17. The van der Waals surface area contributed by atoms with Gasteiger partial charge in [-0.3, -0.25) is 4.90 Å². The van der Waals surface area contributed by atoms with E-state index in [1.807, 2.05) is 30.6 Å². The first-order valence-corrected chi connectivity index (χ1v) is 7.74. The lowest BCUT2D eigenvalue weighted by Gasteiger charge is -2.16. The van der Waals surface area contributed by atoms with Crippen LogP contribution in [0.15, 0.2) is 30.6 Å². The van der Waals surface area contributed by atoms with Crippen LogP contribution >= 0.6 is 11.6 Å². The van der Waals surface area contributed by atoms with Gasteiger partial charge < -0.3 is 9.47 Å². The van der Waals surface area contributed by atoms with Gasteiger partial charge >= 0.3 is 0 Å². The lowest BCUT2D eigenvalue weighted by atomic mass is 10.1. The van der Waals surface area contributed by atoms with Crippen LogP contribution in [0.3, 0.4) is 0 Å². The van der Waals surface area contributed by atoms with Gasteiger partial charge in [0, 0.05) is 31.4 Å². The summed E-state index contributed by atoms with van der Waals surface area (Å²) in [6.45, 7) is 3.10. The second-order valence-electron chi connectivity index (χ2n) is 5.64. The molecule has 0 aliphatic carbocycles. The number of nitrogens with zero attached hydrogens (tertiary/aromatic N) is 3. The monoisotopic (exact) mass is 317 g/mol. The number of halogens is 1. The quantitative estimate of drug-likeness (QED) is 0.871. The Labute approximate surface area is 133 Å². The first kappa shape index (κ1) is 13.8. The van der Waals surface area contributed by atoms with Crippen LogP contribution in [0.1, 0.15) is 23.7 Å². The number of rotatable bonds is 3. The molecule has 2 aliphatic heterocycles. The second-order valence-corrected chi connectivity index (χ2v) is 6.05. The molecule has 22 heavy (non-hydrogen) atoms. The maximum Gasteiger partial charge on any atom is 0.231 e. The van der Waals surface area contributed by atoms with Crippen molar-refractivity contribution in [1.29, 1.82) is 0 Å². The lowest BCUT2D eigenvalue weighted by molar-refractivity contribution is 0.174. The Bertz CT molecular complexity index is 681. The molecule has 0 amide bonds. The van der Waals surface area contributed by atoms with Gasteiger partial charge in [0.1, 0.15) is 5.82 Å². The van der Waals surface area contributed by atoms with Crippen molar-refractivity contribution in [2.24, 2.45) is 0 Å². The Kier molecular flexibility index (Phi) is 3.60. The average molecular weight is 318 g/mol. The van der Waals surface area contributed by atoms with Crippen molar-refractivity contribution < 1.29 is 9.47 Å². The van der Waals surface area contributed by atoms with E-state index in [1.54, 1.807) is 0 Å². The van der Waals surface area contributed by atoms with Crippen LogP contribution in [0.5, 0.6) is 11.5 Å². The van der Waals surface area contributed by atoms with Crippen LogP contribution in [0.4, 0.5) is 0 Å². The summed E-state index contributed by atoms with van der Waals surface area (Å²) in [6.07, 6.45) is 4.70. The Morgan fingerprint density at radius 2 is 2.09 bits per heavy atom. The van der Waals surface area contributed by atoms with Crippen LogP contribution in [0.25, 0.3) is 0 Å². The maximum atomic E-state index is 6.24. The molecular weight excluding hydrogens is 302 g/mol. The maximum absolute atomic E-state index is 6.24. The molecular formula is C16H16ClN3O2. The number of fused-ring (bicyclic) bond motifs is 1. The number of hydrogen-bond acceptors (Lipinski definition) is 5. The molecule has 4 rings (SSSR count). The van der Waals surface area contributed by atoms with Crippen LogP contribution in [-0.2, 0) is 6.54 Å². The third kappa shape index (κ3) is 2.62. The van der Waals surface area contributed by atoms with E-state index in [-0.39, 0.29) is 6.79 Å². The van der Waals surface area contributed by atoms with Gasteiger partial charge in [0.15, 0.2) is 11.5 Å². The van der Waals surface area contributed by atoms with Gasteiger partial charge in [0.25, 0.3) is 0 Å². The molecule has 2 aromatic rings. The van der Waals surface area contributed by atoms with Gasteiger partial charge in [-0.25, -0.2) is 9.97 Å². The Hall–Kier alpha value is -1.85. The molecule has 2 aliphatic rings. The van der Waals surface area contributed by atoms with Gasteiger partial charge in [0.2, 0.25) is 6.79 Å². The fourth-order valence-corrected chi connectivity index (χ4v) is 3.37. The second kappa shape index (κ2) is 5.74. The molecule has 5 nitrogen and oxygen atoms in total. The molecule has 1 fully saturated rings. The Balaban J connectivity index is 1.46. The summed E-state index contributed by atoms with van der Waals surface area (Å²) in [4.78, 5) is 11.1. The van der Waals surface area contributed by atoms with Crippen molar-refractivity contribution in [3.05, 3.63) is 47.0 Å². The van der Waals surface area contributed by atoms with Crippen molar-refractivity contribution in [1.82, 2.24) is 14.9 Å². The highest BCUT2D eigenvalue weighted by Crippen LogP contribution is 2.40. The summed E-state index contributed by atoms with van der Waals surface area (Å²) < 4.78 is 10.8. The van der Waals surface area contributed by atoms with Crippen molar-refractivity contribution in [2.75, 3.05) is 19.9 Å². The Morgan fingerprint density at radius 3 is 2.95 bits per heavy atom. The van der Waals surface area contributed by atoms with E-state index in [1.165, 1.54) is 0 Å². The van der Waals surface area contributed by atoms with Crippen molar-refractivity contribution in [2.45, 2.75) is 18.9 Å². The van der Waals surface area contributed by atoms with E-state index in [4.69, 9.17) is 21.1 Å². The molecule has 1 atom stereocenters. The minimum atomic E-state index is 0.246. The zero-order chi connectivity index (χ0) is 14.9. The summed E-state index contributed by atoms with van der Waals surface area (Å²) >= 11 is 6.24. The molecule has 1 aromatic heterocycles. The number of ether oxygens (including phenoxy) is 2. The normalized spacial score (nSPS) is 20.5. The predicted molar refractivity (Wildman–Crippen MR) is 82.2 cm³/mol. The summed E-state index contributed by atoms with van der Waals surface area (Å²) in [7, 11) is 0. The van der Waals surface area contributed by atoms with E-state index in [0.717, 1.165) is 43.2 Å². The molecule has 1 unspecified atom stereocenters. The predicted octanol–water partition coefficient (Wildman–Crippen LogP) is 2.85. The standard InChI is InChI=1S/C16H16ClN3O2/c17-13-6-11(7-14-15(13)22-10-21-14)8-20-5-2-12(9-20)16-18-3-1-4-19-16/h1,3-4,6-7,12H,2,5,8-10H2. The molecule has 0 saturated carbocycles. The van der Waals surface area contributed by atoms with Gasteiger partial charge in [0.05, 0.1) is 5.02 Å². The first-order chi connectivity index (χ1) is 10.8. The largest absolute Gasteiger partial charge is 0.454 e. The number of likely N-dealkylation sites (tertiary alicyclic amines) is 1. The van der Waals surface area contributed by atoms with E-state index < -0.39 is 0 Å². The minimum Gasteiger partial charge on any atom is -0.454 e. The highest BCUT2D eigenvalue weighted by Gasteiger charge is 2.26. The highest BCUT2D eigenvalue weighted by atomic mass is 35.5. The zero-order valence-electron chi connectivity index (χ0n) is 12.0. The molecule has 0 bridgehead atoms. The van der Waals surface area contributed by atoms with Gasteiger partial charge in [-0.1, -0.05) is 11.6 Å². The number of hydrogen-bond donors (Lipinski definition) is 0. The lowest BCUT2D eigenvalue weighted by Crippen LogP contribution is -2.20. The number of benzene rings is 1. The molecule has 0 N–H and O–H groups in total. The molecule has 3 heterocycles. The molecule has 1 aromatic carbocycles. The molecule has 114 valence electrons. The molecule has 0 spiro atoms. The summed E-state index contributed by atoms with van der Waals surface area (Å²) in [5.74, 6) is 2.74. The first-order valence-electron chi connectivity index (χ1n) is 7.37. The third-order valence-electron chi connectivity index (χ3n) is 4.12. The van der Waals surface area contributed by atoms with Gasteiger partial charge in [-0.05, 0) is 36.7 Å². The third-order valence-corrected chi connectivity index (χ3v) is 4.40. The van der Waals surface area contributed by atoms with Gasteiger partial charge in [-0.2, -0.15) is 0 Å². The van der Waals surface area contributed by atoms with E-state index >= 15 is 0 Å². The van der Waals surface area contributed by atoms with Crippen molar-refractivity contribution >= 4 is 11.6 Å². The van der Waals surface area contributed by atoms with Crippen LogP contribution in [0.2, 0.25) is 5.02 Å². The molecule has 0 radical (unpaired) electrons. The fourth-order valence-electron chi connectivity index (χ4n) is 3.08. The number of aromatic nitrogens is 2. The van der Waals surface area contributed by atoms with E-state index in [9.17, 15) is 0 Å². The molecule has 6 heteroatoms. The fraction of sp³-hybridized carbons (Fsp3) is 0.375. The van der Waals surface area contributed by atoms with E-state index in [2.05, 4.69) is 14.9 Å². The highest BCUT2D eigenvalue weighted by molar-refractivity contribution is 6.32. The van der Waals surface area contributed by atoms with E-state index in [0.29, 0.717) is 16.7 Å². The van der Waals surface area contributed by atoms with Gasteiger partial charge in [-0.15, -0.1) is 0 Å². The summed E-state index contributed by atoms with van der Waals surface area (Å²) in [5, 5.41) is 0.618. The molecule has 1 saturated heterocycles. The SMILES string of the molecule is Clc1cc(CN2CCC(c3ncccn3)C2)cc2c1OCO2. The minimum absolute atomic E-state index is 0.246. The topological polar surface area (TPSA) is 47.5 Å². The summed E-state index contributed by atoms with van der Waals surface area (Å²) in [6, 6.07) is 5.83.